The Hall–Kier alpha value is -0.570. The van der Waals surface area contributed by atoms with Crippen LogP contribution in [0.5, 0.6) is 0 Å². The topological polar surface area (TPSA) is 46.3 Å². The van der Waals surface area contributed by atoms with Crippen molar-refractivity contribution in [3.63, 3.8) is 0 Å². The van der Waals surface area contributed by atoms with Crippen molar-refractivity contribution in [1.82, 2.24) is 4.90 Å². The summed E-state index contributed by atoms with van der Waals surface area (Å²) in [6, 6.07) is -0.295. The van der Waals surface area contributed by atoms with Gasteiger partial charge < -0.3 is 10.6 Å². The number of unbranched alkanes of at least 4 members (excludes halogenated alkanes) is 2. The zero-order valence-corrected chi connectivity index (χ0v) is 9.75. The highest BCUT2D eigenvalue weighted by atomic mass is 16.2. The molecule has 1 amide bonds. The molecule has 0 fully saturated rings. The zero-order chi connectivity index (χ0) is 11.0. The second kappa shape index (κ2) is 7.80. The Morgan fingerprint density at radius 1 is 1.29 bits per heavy atom. The minimum Gasteiger partial charge on any atom is -0.344 e. The van der Waals surface area contributed by atoms with E-state index in [0.29, 0.717) is 0 Å². The number of nitrogens with zero attached hydrogens (tertiary/aromatic N) is 1. The van der Waals surface area contributed by atoms with E-state index in [1.807, 2.05) is 7.05 Å². The zero-order valence-electron chi connectivity index (χ0n) is 9.75. The fraction of sp³-hybridized carbons (Fsp3) is 0.909. The van der Waals surface area contributed by atoms with Crippen LogP contribution in [-0.2, 0) is 4.79 Å². The van der Waals surface area contributed by atoms with Gasteiger partial charge >= 0.3 is 0 Å². The van der Waals surface area contributed by atoms with Crippen molar-refractivity contribution in [2.24, 2.45) is 5.73 Å². The summed E-state index contributed by atoms with van der Waals surface area (Å²) >= 11 is 0. The molecule has 0 radical (unpaired) electrons. The SMILES string of the molecule is CCCCC(N)C(=O)N(C)CCCC. The maximum atomic E-state index is 11.7. The predicted octanol–water partition coefficient (Wildman–Crippen LogP) is 1.76. The molecule has 0 aromatic rings. The maximum absolute atomic E-state index is 11.7. The molecule has 0 rings (SSSR count). The van der Waals surface area contributed by atoms with Crippen LogP contribution in [0, 0.1) is 0 Å². The Morgan fingerprint density at radius 3 is 2.36 bits per heavy atom. The normalized spacial score (nSPS) is 12.6. The summed E-state index contributed by atoms with van der Waals surface area (Å²) in [7, 11) is 1.84. The van der Waals surface area contributed by atoms with Crippen molar-refractivity contribution >= 4 is 5.91 Å². The maximum Gasteiger partial charge on any atom is 0.239 e. The van der Waals surface area contributed by atoms with E-state index in [-0.39, 0.29) is 11.9 Å². The highest BCUT2D eigenvalue weighted by Crippen LogP contribution is 2.02. The van der Waals surface area contributed by atoms with Crippen LogP contribution in [-0.4, -0.2) is 30.4 Å². The summed E-state index contributed by atoms with van der Waals surface area (Å²) in [5.41, 5.74) is 5.78. The molecule has 0 aromatic carbocycles. The van der Waals surface area contributed by atoms with Gasteiger partial charge in [0.2, 0.25) is 5.91 Å². The fourth-order valence-corrected chi connectivity index (χ4v) is 1.34. The lowest BCUT2D eigenvalue weighted by Crippen LogP contribution is -2.42. The van der Waals surface area contributed by atoms with Gasteiger partial charge in [0.25, 0.3) is 0 Å². The lowest BCUT2D eigenvalue weighted by Gasteiger charge is -2.20. The van der Waals surface area contributed by atoms with Crippen molar-refractivity contribution in [2.75, 3.05) is 13.6 Å². The van der Waals surface area contributed by atoms with Crippen LogP contribution < -0.4 is 5.73 Å². The Bertz CT molecular complexity index is 143. The third-order valence-electron chi connectivity index (χ3n) is 2.41. The number of rotatable bonds is 7. The first-order valence-corrected chi connectivity index (χ1v) is 5.64. The van der Waals surface area contributed by atoms with Crippen LogP contribution in [0.3, 0.4) is 0 Å². The molecule has 0 heterocycles. The number of carbonyl (C=O) groups is 1. The van der Waals surface area contributed by atoms with E-state index in [0.717, 1.165) is 38.6 Å². The largest absolute Gasteiger partial charge is 0.344 e. The molecule has 3 nitrogen and oxygen atoms in total. The van der Waals surface area contributed by atoms with Crippen LogP contribution in [0.4, 0.5) is 0 Å². The smallest absolute Gasteiger partial charge is 0.239 e. The average Bonchev–Trinajstić information content (AvgIpc) is 2.21. The Balaban J connectivity index is 3.78. The number of amides is 1. The number of hydrogen-bond acceptors (Lipinski definition) is 2. The minimum atomic E-state index is -0.295. The van der Waals surface area contributed by atoms with E-state index in [4.69, 9.17) is 5.73 Å². The monoisotopic (exact) mass is 200 g/mol. The van der Waals surface area contributed by atoms with E-state index >= 15 is 0 Å². The molecule has 1 unspecified atom stereocenters. The molecule has 0 saturated heterocycles. The molecule has 0 aliphatic carbocycles. The lowest BCUT2D eigenvalue weighted by molar-refractivity contribution is -0.131. The van der Waals surface area contributed by atoms with Gasteiger partial charge in [0.05, 0.1) is 6.04 Å². The van der Waals surface area contributed by atoms with E-state index in [9.17, 15) is 4.79 Å². The first-order chi connectivity index (χ1) is 6.63. The number of likely N-dealkylation sites (N-methyl/N-ethyl adjacent to an activating group) is 1. The third-order valence-corrected chi connectivity index (χ3v) is 2.41. The minimum absolute atomic E-state index is 0.0897. The summed E-state index contributed by atoms with van der Waals surface area (Å²) in [6.45, 7) is 5.06. The van der Waals surface area contributed by atoms with Crippen molar-refractivity contribution in [3.05, 3.63) is 0 Å². The average molecular weight is 200 g/mol. The molecule has 84 valence electrons. The van der Waals surface area contributed by atoms with Crippen molar-refractivity contribution < 1.29 is 4.79 Å². The van der Waals surface area contributed by atoms with E-state index in [1.165, 1.54) is 0 Å². The second-order valence-electron chi connectivity index (χ2n) is 3.86. The fourth-order valence-electron chi connectivity index (χ4n) is 1.34. The van der Waals surface area contributed by atoms with Crippen molar-refractivity contribution in [2.45, 2.75) is 52.0 Å². The quantitative estimate of drug-likeness (QED) is 0.680. The molecule has 0 spiro atoms. The third kappa shape index (κ3) is 5.22. The van der Waals surface area contributed by atoms with Gasteiger partial charge in [0.1, 0.15) is 0 Å². The summed E-state index contributed by atoms with van der Waals surface area (Å²) in [5.74, 6) is 0.0897. The van der Waals surface area contributed by atoms with Gasteiger partial charge in [-0.15, -0.1) is 0 Å². The molecule has 0 aliphatic rings. The summed E-state index contributed by atoms with van der Waals surface area (Å²) in [6.07, 6.45) is 5.12. The molecule has 14 heavy (non-hydrogen) atoms. The standard InChI is InChI=1S/C11H24N2O/c1-4-6-8-10(12)11(14)13(3)9-7-5-2/h10H,4-9,12H2,1-3H3. The summed E-state index contributed by atoms with van der Waals surface area (Å²) in [5, 5.41) is 0. The molecular formula is C11H24N2O. The van der Waals surface area contributed by atoms with Gasteiger partial charge in [-0.05, 0) is 12.8 Å². The molecule has 2 N–H and O–H groups in total. The van der Waals surface area contributed by atoms with E-state index in [1.54, 1.807) is 4.90 Å². The summed E-state index contributed by atoms with van der Waals surface area (Å²) < 4.78 is 0. The second-order valence-corrected chi connectivity index (χ2v) is 3.86. The van der Waals surface area contributed by atoms with Gasteiger partial charge in [-0.3, -0.25) is 4.79 Å². The molecule has 0 aromatic heterocycles. The van der Waals surface area contributed by atoms with Crippen LogP contribution >= 0.6 is 0 Å². The predicted molar refractivity (Wildman–Crippen MR) is 60.0 cm³/mol. The lowest BCUT2D eigenvalue weighted by atomic mass is 10.1. The number of hydrogen-bond donors (Lipinski definition) is 1. The molecule has 1 atom stereocenters. The van der Waals surface area contributed by atoms with Gasteiger partial charge in [-0.1, -0.05) is 33.1 Å². The van der Waals surface area contributed by atoms with Crippen LogP contribution in [0.2, 0.25) is 0 Å². The molecular weight excluding hydrogens is 176 g/mol. The van der Waals surface area contributed by atoms with E-state index < -0.39 is 0 Å². The number of nitrogens with two attached hydrogens (primary N) is 1. The molecule has 0 bridgehead atoms. The van der Waals surface area contributed by atoms with Gasteiger partial charge in [0.15, 0.2) is 0 Å². The van der Waals surface area contributed by atoms with Crippen molar-refractivity contribution in [1.29, 1.82) is 0 Å². The summed E-state index contributed by atoms with van der Waals surface area (Å²) in [4.78, 5) is 13.4. The first-order valence-electron chi connectivity index (χ1n) is 5.64. The molecule has 3 heteroatoms. The highest BCUT2D eigenvalue weighted by molar-refractivity contribution is 5.81. The van der Waals surface area contributed by atoms with Gasteiger partial charge in [-0.2, -0.15) is 0 Å². The van der Waals surface area contributed by atoms with Gasteiger partial charge in [-0.25, -0.2) is 0 Å². The van der Waals surface area contributed by atoms with Crippen LogP contribution in [0.15, 0.2) is 0 Å². The van der Waals surface area contributed by atoms with Crippen molar-refractivity contribution in [3.8, 4) is 0 Å². The molecule has 0 aliphatic heterocycles. The Morgan fingerprint density at radius 2 is 1.86 bits per heavy atom. The van der Waals surface area contributed by atoms with Crippen LogP contribution in [0.1, 0.15) is 46.0 Å². The molecule has 0 saturated carbocycles. The van der Waals surface area contributed by atoms with Crippen LogP contribution in [0.25, 0.3) is 0 Å². The van der Waals surface area contributed by atoms with Gasteiger partial charge in [0, 0.05) is 13.6 Å². The Labute approximate surface area is 87.6 Å². The highest BCUT2D eigenvalue weighted by Gasteiger charge is 2.16. The number of carbonyl (C=O) groups excluding carboxylic acids is 1. The Kier molecular flexibility index (Phi) is 7.48. The first kappa shape index (κ1) is 13.4. The van der Waals surface area contributed by atoms with E-state index in [2.05, 4.69) is 13.8 Å².